The number of hydrogen-bond acceptors (Lipinski definition) is 3. The van der Waals surface area contributed by atoms with E-state index >= 15 is 0 Å². The maximum atomic E-state index is 12.5. The van der Waals surface area contributed by atoms with E-state index in [2.05, 4.69) is 0 Å². The average Bonchev–Trinajstić information content (AvgIpc) is 2.29. The molecule has 100 valence electrons. The van der Waals surface area contributed by atoms with E-state index in [0.717, 1.165) is 38.5 Å². The predicted molar refractivity (Wildman–Crippen MR) is 67.5 cm³/mol. The second-order valence-corrected chi connectivity index (χ2v) is 6.97. The van der Waals surface area contributed by atoms with Crippen LogP contribution in [0.25, 0.3) is 0 Å². The molecule has 2 heterocycles. The molecule has 0 spiro atoms. The lowest BCUT2D eigenvalue weighted by molar-refractivity contribution is 0.205. The Kier molecular flexibility index (Phi) is 4.07. The summed E-state index contributed by atoms with van der Waals surface area (Å²) >= 11 is 0. The Labute approximate surface area is 104 Å². The number of piperidine rings is 2. The summed E-state index contributed by atoms with van der Waals surface area (Å²) in [5.41, 5.74) is 5.94. The van der Waals surface area contributed by atoms with Crippen molar-refractivity contribution in [2.45, 2.75) is 57.7 Å². The lowest BCUT2D eigenvalue weighted by Gasteiger charge is -2.40. The molecule has 2 atom stereocenters. The van der Waals surface area contributed by atoms with Crippen molar-refractivity contribution in [2.24, 2.45) is 5.73 Å². The van der Waals surface area contributed by atoms with Crippen molar-refractivity contribution in [3.63, 3.8) is 0 Å². The molecule has 2 saturated heterocycles. The van der Waals surface area contributed by atoms with E-state index in [1.54, 1.807) is 4.31 Å². The average molecular weight is 261 g/mol. The van der Waals surface area contributed by atoms with E-state index in [-0.39, 0.29) is 12.2 Å². The van der Waals surface area contributed by atoms with Gasteiger partial charge in [0.05, 0.1) is 6.17 Å². The molecule has 2 aliphatic heterocycles. The summed E-state index contributed by atoms with van der Waals surface area (Å²) in [4.78, 5) is 0. The van der Waals surface area contributed by atoms with Crippen LogP contribution in [0.3, 0.4) is 0 Å². The molecular weight excluding hydrogens is 238 g/mol. The molecule has 17 heavy (non-hydrogen) atoms. The second-order valence-electron chi connectivity index (χ2n) is 5.14. The van der Waals surface area contributed by atoms with Crippen molar-refractivity contribution in [3.8, 4) is 0 Å². The fourth-order valence-electron chi connectivity index (χ4n) is 2.77. The van der Waals surface area contributed by atoms with Gasteiger partial charge in [-0.1, -0.05) is 6.42 Å². The highest BCUT2D eigenvalue weighted by atomic mass is 32.2. The van der Waals surface area contributed by atoms with Gasteiger partial charge < -0.3 is 5.73 Å². The van der Waals surface area contributed by atoms with Crippen molar-refractivity contribution in [3.05, 3.63) is 0 Å². The lowest BCUT2D eigenvalue weighted by atomic mass is 10.1. The second kappa shape index (κ2) is 5.22. The van der Waals surface area contributed by atoms with Crippen molar-refractivity contribution in [1.29, 1.82) is 0 Å². The van der Waals surface area contributed by atoms with E-state index in [0.29, 0.717) is 13.1 Å². The lowest BCUT2D eigenvalue weighted by Crippen LogP contribution is -2.56. The highest BCUT2D eigenvalue weighted by Crippen LogP contribution is 2.25. The third kappa shape index (κ3) is 2.65. The van der Waals surface area contributed by atoms with Gasteiger partial charge in [-0.05, 0) is 39.0 Å². The minimum Gasteiger partial charge on any atom is -0.315 e. The number of nitrogens with two attached hydrogens (primary N) is 1. The van der Waals surface area contributed by atoms with Gasteiger partial charge in [-0.3, -0.25) is 0 Å². The fraction of sp³-hybridized carbons (Fsp3) is 1.00. The van der Waals surface area contributed by atoms with Crippen LogP contribution in [-0.4, -0.2) is 42.3 Å². The first-order valence-corrected chi connectivity index (χ1v) is 7.97. The van der Waals surface area contributed by atoms with Gasteiger partial charge in [0.2, 0.25) is 0 Å². The Bertz CT molecular complexity index is 330. The molecule has 5 nitrogen and oxygen atoms in total. The number of rotatable bonds is 2. The molecule has 6 heteroatoms. The van der Waals surface area contributed by atoms with Crippen LogP contribution in [0.4, 0.5) is 0 Å². The van der Waals surface area contributed by atoms with Crippen LogP contribution in [0.2, 0.25) is 0 Å². The van der Waals surface area contributed by atoms with E-state index < -0.39 is 10.2 Å². The summed E-state index contributed by atoms with van der Waals surface area (Å²) in [7, 11) is -3.34. The third-order valence-corrected chi connectivity index (χ3v) is 6.01. The standard InChI is InChI=1S/C11H23N3O2S/c1-10-6-2-4-8-13(10)17(15,16)14-9-5-3-7-11(14)12/h10-11H,2-9,12H2,1H3. The van der Waals surface area contributed by atoms with Crippen molar-refractivity contribution >= 4 is 10.2 Å². The highest BCUT2D eigenvalue weighted by molar-refractivity contribution is 7.86. The molecule has 2 aliphatic rings. The molecule has 0 radical (unpaired) electrons. The van der Waals surface area contributed by atoms with Crippen LogP contribution >= 0.6 is 0 Å². The molecule has 2 fully saturated rings. The molecule has 0 aromatic heterocycles. The number of nitrogens with zero attached hydrogens (tertiary/aromatic N) is 2. The summed E-state index contributed by atoms with van der Waals surface area (Å²) in [6.07, 6.45) is 5.45. The normalized spacial score (nSPS) is 33.8. The van der Waals surface area contributed by atoms with Gasteiger partial charge in [-0.25, -0.2) is 0 Å². The Morgan fingerprint density at radius 3 is 2.18 bits per heavy atom. The zero-order chi connectivity index (χ0) is 12.5. The smallest absolute Gasteiger partial charge is 0.283 e. The Morgan fingerprint density at radius 2 is 1.59 bits per heavy atom. The highest BCUT2D eigenvalue weighted by Gasteiger charge is 2.37. The minimum absolute atomic E-state index is 0.114. The first-order chi connectivity index (χ1) is 8.03. The van der Waals surface area contributed by atoms with Crippen molar-refractivity contribution in [1.82, 2.24) is 8.61 Å². The molecule has 2 rings (SSSR count). The van der Waals surface area contributed by atoms with Crippen molar-refractivity contribution in [2.75, 3.05) is 13.1 Å². The van der Waals surface area contributed by atoms with Gasteiger partial charge >= 0.3 is 0 Å². The van der Waals surface area contributed by atoms with E-state index in [9.17, 15) is 8.42 Å². The van der Waals surface area contributed by atoms with Crippen molar-refractivity contribution < 1.29 is 8.42 Å². The summed E-state index contributed by atoms with van der Waals surface area (Å²) in [5.74, 6) is 0. The van der Waals surface area contributed by atoms with E-state index in [1.807, 2.05) is 6.92 Å². The molecule has 2 N–H and O–H groups in total. The molecular formula is C11H23N3O2S. The first kappa shape index (κ1) is 13.3. The molecule has 0 bridgehead atoms. The molecule has 0 aromatic rings. The van der Waals surface area contributed by atoms with Crippen LogP contribution in [0.5, 0.6) is 0 Å². The Morgan fingerprint density at radius 1 is 1.00 bits per heavy atom. The zero-order valence-electron chi connectivity index (χ0n) is 10.5. The van der Waals surface area contributed by atoms with Crippen LogP contribution in [-0.2, 0) is 10.2 Å². The molecule has 0 saturated carbocycles. The van der Waals surface area contributed by atoms with Crippen LogP contribution in [0.15, 0.2) is 0 Å². The minimum atomic E-state index is -3.34. The topological polar surface area (TPSA) is 66.6 Å². The molecule has 0 amide bonds. The van der Waals surface area contributed by atoms with Crippen LogP contribution < -0.4 is 5.73 Å². The zero-order valence-corrected chi connectivity index (χ0v) is 11.3. The summed E-state index contributed by atoms with van der Waals surface area (Å²) in [6, 6.07) is 0.114. The van der Waals surface area contributed by atoms with Gasteiger partial charge in [0, 0.05) is 19.1 Å². The van der Waals surface area contributed by atoms with E-state index in [1.165, 1.54) is 4.31 Å². The fourth-order valence-corrected chi connectivity index (χ4v) is 4.76. The maximum Gasteiger partial charge on any atom is 0.283 e. The van der Waals surface area contributed by atoms with Gasteiger partial charge in [0.25, 0.3) is 10.2 Å². The molecule has 0 aliphatic carbocycles. The molecule has 0 aromatic carbocycles. The molecule has 2 unspecified atom stereocenters. The SMILES string of the molecule is CC1CCCCN1S(=O)(=O)N1CCCCC1N. The maximum absolute atomic E-state index is 12.5. The van der Waals surface area contributed by atoms with E-state index in [4.69, 9.17) is 5.73 Å². The monoisotopic (exact) mass is 261 g/mol. The quantitative estimate of drug-likeness (QED) is 0.802. The van der Waals surface area contributed by atoms with Gasteiger partial charge in [0.15, 0.2) is 0 Å². The van der Waals surface area contributed by atoms with Crippen LogP contribution in [0, 0.1) is 0 Å². The summed E-state index contributed by atoms with van der Waals surface area (Å²) in [6.45, 7) is 3.21. The predicted octanol–water partition coefficient (Wildman–Crippen LogP) is 0.876. The Balaban J connectivity index is 2.16. The largest absolute Gasteiger partial charge is 0.315 e. The third-order valence-electron chi connectivity index (χ3n) is 3.83. The van der Waals surface area contributed by atoms with Crippen LogP contribution in [0.1, 0.15) is 45.4 Å². The Hall–Kier alpha value is -0.170. The summed E-state index contributed by atoms with van der Waals surface area (Å²) in [5, 5.41) is 0. The number of hydrogen-bond donors (Lipinski definition) is 1. The first-order valence-electron chi connectivity index (χ1n) is 6.57. The van der Waals surface area contributed by atoms with Gasteiger partial charge in [0.1, 0.15) is 0 Å². The van der Waals surface area contributed by atoms with Gasteiger partial charge in [-0.15, -0.1) is 0 Å². The van der Waals surface area contributed by atoms with Gasteiger partial charge in [-0.2, -0.15) is 17.0 Å². The summed E-state index contributed by atoms with van der Waals surface area (Å²) < 4.78 is 28.2.